The number of nitrogens with one attached hydrogen (secondary N) is 2. The van der Waals surface area contributed by atoms with E-state index in [1.54, 1.807) is 4.90 Å². The van der Waals surface area contributed by atoms with Crippen LogP contribution in [0, 0.1) is 17.7 Å². The number of nitrogens with zero attached hydrogens (tertiary/aromatic N) is 3. The first kappa shape index (κ1) is 26.4. The third-order valence-electron chi connectivity index (χ3n) is 8.05. The van der Waals surface area contributed by atoms with Crippen molar-refractivity contribution < 1.29 is 37.0 Å². The molecule has 5 rings (SSSR count). The molecule has 0 bridgehead atoms. The summed E-state index contributed by atoms with van der Waals surface area (Å²) in [6.45, 7) is 0.319. The molecular formula is C25H29F4N5O4. The van der Waals surface area contributed by atoms with Crippen molar-refractivity contribution in [2.75, 3.05) is 13.7 Å². The van der Waals surface area contributed by atoms with Gasteiger partial charge in [-0.15, -0.1) is 0 Å². The van der Waals surface area contributed by atoms with Crippen molar-refractivity contribution in [3.05, 3.63) is 29.8 Å². The molecule has 1 aliphatic heterocycles. The lowest BCUT2D eigenvalue weighted by Gasteiger charge is -2.40. The number of hydrogen-bond acceptors (Lipinski definition) is 6. The smallest absolute Gasteiger partial charge is 0.394 e. The Morgan fingerprint density at radius 2 is 2.00 bits per heavy atom. The molecule has 2 aliphatic carbocycles. The zero-order valence-electron chi connectivity index (χ0n) is 20.7. The van der Waals surface area contributed by atoms with Crippen molar-refractivity contribution in [2.24, 2.45) is 11.8 Å². The fraction of sp³-hybridized carbons (Fsp3) is 0.600. The number of carbonyl (C=O) groups excluding carboxylic acids is 2. The van der Waals surface area contributed by atoms with Gasteiger partial charge < -0.3 is 20.1 Å². The Morgan fingerprint density at radius 3 is 2.66 bits per heavy atom. The van der Waals surface area contributed by atoms with Crippen molar-refractivity contribution in [3.63, 3.8) is 0 Å². The second-order valence-corrected chi connectivity index (χ2v) is 10.5. The molecule has 2 amide bonds. The third-order valence-corrected chi connectivity index (χ3v) is 8.05. The number of rotatable bonds is 5. The molecule has 2 aromatic heterocycles. The van der Waals surface area contributed by atoms with Crippen molar-refractivity contribution >= 4 is 11.8 Å². The SMILES string of the molecule is COc1cc(-c2cc(C(=O)N3CC[C@H](C(=O)N[C@@H]4CC[C@H](C(F)(F)F)[C@H](O)C4)CC34CC4)n[nH]2)c(F)cn1. The number of carbonyl (C=O) groups is 2. The van der Waals surface area contributed by atoms with Crippen LogP contribution >= 0.6 is 0 Å². The fourth-order valence-electron chi connectivity index (χ4n) is 5.78. The monoisotopic (exact) mass is 539 g/mol. The molecule has 2 saturated carbocycles. The number of aromatic nitrogens is 3. The zero-order valence-corrected chi connectivity index (χ0v) is 20.7. The number of ether oxygens (including phenoxy) is 1. The number of hydrogen-bond donors (Lipinski definition) is 3. The Labute approximate surface area is 215 Å². The normalized spacial score (nSPS) is 26.7. The average Bonchev–Trinajstić information content (AvgIpc) is 3.44. The maximum absolute atomic E-state index is 14.3. The first-order valence-electron chi connectivity index (χ1n) is 12.6. The third kappa shape index (κ3) is 5.07. The van der Waals surface area contributed by atoms with Crippen LogP contribution in [-0.2, 0) is 4.79 Å². The highest BCUT2D eigenvalue weighted by atomic mass is 19.4. The zero-order chi connectivity index (χ0) is 27.2. The number of aliphatic hydroxyl groups excluding tert-OH is 1. The molecule has 2 aromatic rings. The second kappa shape index (κ2) is 9.83. The summed E-state index contributed by atoms with van der Waals surface area (Å²) in [6.07, 6.45) is -2.89. The first-order chi connectivity index (χ1) is 18.0. The summed E-state index contributed by atoms with van der Waals surface area (Å²) >= 11 is 0. The minimum Gasteiger partial charge on any atom is -0.481 e. The molecule has 1 saturated heterocycles. The number of likely N-dealkylation sites (tertiary alicyclic amines) is 1. The molecule has 0 radical (unpaired) electrons. The van der Waals surface area contributed by atoms with Gasteiger partial charge in [-0.1, -0.05) is 0 Å². The topological polar surface area (TPSA) is 120 Å². The van der Waals surface area contributed by atoms with Gasteiger partial charge in [0.15, 0.2) is 11.5 Å². The molecule has 9 nitrogen and oxygen atoms in total. The van der Waals surface area contributed by atoms with E-state index in [2.05, 4.69) is 20.5 Å². The van der Waals surface area contributed by atoms with Crippen LogP contribution in [0.15, 0.2) is 18.3 Å². The van der Waals surface area contributed by atoms with Gasteiger partial charge in [0.25, 0.3) is 5.91 Å². The quantitative estimate of drug-likeness (QED) is 0.502. The van der Waals surface area contributed by atoms with Gasteiger partial charge in [-0.05, 0) is 51.0 Å². The van der Waals surface area contributed by atoms with E-state index in [4.69, 9.17) is 4.74 Å². The molecule has 4 atom stereocenters. The lowest BCUT2D eigenvalue weighted by Crippen LogP contribution is -2.53. The van der Waals surface area contributed by atoms with E-state index >= 15 is 0 Å². The highest BCUT2D eigenvalue weighted by Gasteiger charge is 2.55. The summed E-state index contributed by atoms with van der Waals surface area (Å²) < 4.78 is 58.4. The van der Waals surface area contributed by atoms with Gasteiger partial charge in [-0.3, -0.25) is 14.7 Å². The Morgan fingerprint density at radius 1 is 1.24 bits per heavy atom. The van der Waals surface area contributed by atoms with Crippen LogP contribution in [0.1, 0.15) is 55.4 Å². The lowest BCUT2D eigenvalue weighted by molar-refractivity contribution is -0.209. The standard InChI is InChI=1S/C25H29F4N5O4/c1-38-21-9-15(17(26)12-30-21)18-10-19(33-32-18)23(37)34-7-4-13(11-24(34)5-6-24)22(36)31-14-2-3-16(20(35)8-14)25(27,28)29/h9-10,12-14,16,20,35H,2-8,11H2,1H3,(H,31,36)(H,32,33)/t13-,14+,16-,20+/m0/s1. The van der Waals surface area contributed by atoms with Gasteiger partial charge in [-0.2, -0.15) is 18.3 Å². The Balaban J connectivity index is 1.21. The van der Waals surface area contributed by atoms with Crippen molar-refractivity contribution in [3.8, 4) is 17.1 Å². The van der Waals surface area contributed by atoms with Gasteiger partial charge >= 0.3 is 6.18 Å². The van der Waals surface area contributed by atoms with E-state index in [-0.39, 0.29) is 54.1 Å². The molecule has 3 N–H and O–H groups in total. The predicted molar refractivity (Wildman–Crippen MR) is 125 cm³/mol. The molecule has 3 fully saturated rings. The van der Waals surface area contributed by atoms with Crippen molar-refractivity contribution in [2.45, 2.75) is 68.8 Å². The summed E-state index contributed by atoms with van der Waals surface area (Å²) in [5.41, 5.74) is 0.108. The van der Waals surface area contributed by atoms with Gasteiger partial charge in [-0.25, -0.2) is 9.37 Å². The molecule has 206 valence electrons. The minimum atomic E-state index is -4.46. The molecule has 3 aliphatic rings. The highest BCUT2D eigenvalue weighted by Crippen LogP contribution is 2.50. The molecule has 0 unspecified atom stereocenters. The minimum absolute atomic E-state index is 0.125. The van der Waals surface area contributed by atoms with E-state index in [9.17, 15) is 32.3 Å². The number of aromatic amines is 1. The molecule has 1 spiro atoms. The summed E-state index contributed by atoms with van der Waals surface area (Å²) in [5, 5.41) is 19.6. The highest BCUT2D eigenvalue weighted by molar-refractivity contribution is 5.94. The number of methoxy groups -OCH3 is 1. The van der Waals surface area contributed by atoms with Crippen molar-refractivity contribution in [1.29, 1.82) is 0 Å². The van der Waals surface area contributed by atoms with Crippen LogP contribution in [0.4, 0.5) is 17.6 Å². The summed E-state index contributed by atoms with van der Waals surface area (Å²) in [7, 11) is 1.41. The molecule has 38 heavy (non-hydrogen) atoms. The number of aliphatic hydroxyl groups is 1. The number of halogens is 4. The first-order valence-corrected chi connectivity index (χ1v) is 12.6. The second-order valence-electron chi connectivity index (χ2n) is 10.5. The Kier molecular flexibility index (Phi) is 6.82. The summed E-state index contributed by atoms with van der Waals surface area (Å²) in [5.74, 6) is -3.11. The van der Waals surface area contributed by atoms with Crippen LogP contribution in [0.2, 0.25) is 0 Å². The largest absolute Gasteiger partial charge is 0.481 e. The summed E-state index contributed by atoms with van der Waals surface area (Å²) in [6, 6.07) is 2.36. The number of piperidine rings is 1. The molecular weight excluding hydrogens is 510 g/mol. The van der Waals surface area contributed by atoms with E-state index in [1.165, 1.54) is 19.2 Å². The van der Waals surface area contributed by atoms with Crippen molar-refractivity contribution in [1.82, 2.24) is 25.4 Å². The van der Waals surface area contributed by atoms with E-state index < -0.39 is 35.6 Å². The average molecular weight is 540 g/mol. The van der Waals surface area contributed by atoms with Crippen LogP contribution < -0.4 is 10.1 Å². The molecule has 3 heterocycles. The number of pyridine rings is 1. The van der Waals surface area contributed by atoms with Gasteiger partial charge in [0.1, 0.15) is 0 Å². The van der Waals surface area contributed by atoms with Gasteiger partial charge in [0, 0.05) is 35.7 Å². The molecule has 13 heteroatoms. The number of alkyl halides is 3. The van der Waals surface area contributed by atoms with Crippen LogP contribution in [0.3, 0.4) is 0 Å². The van der Waals surface area contributed by atoms with Crippen LogP contribution in [-0.4, -0.2) is 74.5 Å². The molecule has 0 aromatic carbocycles. The van der Waals surface area contributed by atoms with Crippen LogP contribution in [0.5, 0.6) is 5.88 Å². The predicted octanol–water partition coefficient (Wildman–Crippen LogP) is 3.21. The summed E-state index contributed by atoms with van der Waals surface area (Å²) in [4.78, 5) is 31.8. The van der Waals surface area contributed by atoms with E-state index in [0.717, 1.165) is 19.0 Å². The Bertz CT molecular complexity index is 1210. The number of H-pyrrole nitrogens is 1. The maximum atomic E-state index is 14.3. The van der Waals surface area contributed by atoms with E-state index in [1.807, 2.05) is 0 Å². The lowest BCUT2D eigenvalue weighted by atomic mass is 9.82. The van der Waals surface area contributed by atoms with Crippen LogP contribution in [0.25, 0.3) is 11.3 Å². The maximum Gasteiger partial charge on any atom is 0.394 e. The van der Waals surface area contributed by atoms with Gasteiger partial charge in [0.05, 0.1) is 31.0 Å². The fourth-order valence-corrected chi connectivity index (χ4v) is 5.78. The Hall–Kier alpha value is -3.22. The number of amides is 2. The van der Waals surface area contributed by atoms with Gasteiger partial charge in [0.2, 0.25) is 11.8 Å². The van der Waals surface area contributed by atoms with E-state index in [0.29, 0.717) is 25.1 Å².